The average Bonchev–Trinajstić information content (AvgIpc) is 2.28. The molecule has 1 fully saturated rings. The zero-order chi connectivity index (χ0) is 12.0. The molecule has 0 bridgehead atoms. The Hall–Kier alpha value is -0.210. The highest BCUT2D eigenvalue weighted by molar-refractivity contribution is 7.84. The van der Waals surface area contributed by atoms with Gasteiger partial charge in [-0.25, -0.2) is 0 Å². The van der Waals surface area contributed by atoms with Gasteiger partial charge in [0.25, 0.3) is 0 Å². The monoisotopic (exact) mass is 252 g/mol. The van der Waals surface area contributed by atoms with Crippen LogP contribution in [0.25, 0.3) is 0 Å². The first kappa shape index (κ1) is 13.9. The summed E-state index contributed by atoms with van der Waals surface area (Å²) in [4.78, 5) is 2.03. The van der Waals surface area contributed by atoms with Gasteiger partial charge >= 0.3 is 10.3 Å². The van der Waals surface area contributed by atoms with Crippen molar-refractivity contribution in [3.05, 3.63) is 0 Å². The number of piperazine rings is 1. The number of aliphatic hydroxyl groups excluding tert-OH is 1. The quantitative estimate of drug-likeness (QED) is 0.675. The summed E-state index contributed by atoms with van der Waals surface area (Å²) in [6.45, 7) is 4.99. The topological polar surface area (TPSA) is 70.1 Å². The van der Waals surface area contributed by atoms with Gasteiger partial charge in [0.2, 0.25) is 0 Å². The maximum Gasteiger partial charge on any atom is 0.338 e. The average molecular weight is 252 g/mol. The fourth-order valence-corrected chi connectivity index (χ4v) is 2.72. The van der Waals surface area contributed by atoms with E-state index in [1.54, 1.807) is 0 Å². The van der Waals surface area contributed by atoms with Crippen LogP contribution in [0.1, 0.15) is 13.3 Å². The summed E-state index contributed by atoms with van der Waals surface area (Å²) in [6, 6.07) is 0. The smallest absolute Gasteiger partial charge is 0.338 e. The van der Waals surface area contributed by atoms with E-state index in [2.05, 4.69) is 0 Å². The van der Waals surface area contributed by atoms with Crippen LogP contribution < -0.4 is 0 Å². The summed E-state index contributed by atoms with van der Waals surface area (Å²) < 4.78 is 29.5. The SMILES string of the molecule is CCCOS(=O)(=O)N1CCN(CCO)CC1. The van der Waals surface area contributed by atoms with Crippen molar-refractivity contribution in [1.29, 1.82) is 0 Å². The maximum absolute atomic E-state index is 11.6. The summed E-state index contributed by atoms with van der Waals surface area (Å²) in [5.41, 5.74) is 0. The minimum atomic E-state index is -3.54. The van der Waals surface area contributed by atoms with E-state index in [0.29, 0.717) is 39.1 Å². The first-order valence-corrected chi connectivity index (χ1v) is 6.94. The number of aliphatic hydroxyl groups is 1. The fourth-order valence-electron chi connectivity index (χ4n) is 1.58. The molecule has 0 unspecified atom stereocenters. The lowest BCUT2D eigenvalue weighted by molar-refractivity contribution is 0.142. The van der Waals surface area contributed by atoms with Crippen LogP contribution in [0.15, 0.2) is 0 Å². The van der Waals surface area contributed by atoms with Gasteiger partial charge in [0, 0.05) is 32.7 Å². The third kappa shape index (κ3) is 3.99. The Morgan fingerprint density at radius 3 is 2.38 bits per heavy atom. The Balaban J connectivity index is 2.40. The van der Waals surface area contributed by atoms with Gasteiger partial charge in [-0.3, -0.25) is 9.08 Å². The van der Waals surface area contributed by atoms with E-state index in [-0.39, 0.29) is 13.2 Å². The number of rotatable bonds is 6. The van der Waals surface area contributed by atoms with Crippen molar-refractivity contribution in [1.82, 2.24) is 9.21 Å². The lowest BCUT2D eigenvalue weighted by Gasteiger charge is -2.32. The lowest BCUT2D eigenvalue weighted by Crippen LogP contribution is -2.49. The molecule has 1 saturated heterocycles. The molecule has 0 aromatic rings. The molecule has 1 heterocycles. The van der Waals surface area contributed by atoms with Crippen LogP contribution in [0.4, 0.5) is 0 Å². The molecule has 0 saturated carbocycles. The van der Waals surface area contributed by atoms with Crippen molar-refractivity contribution >= 4 is 10.3 Å². The molecule has 1 aliphatic rings. The summed E-state index contributed by atoms with van der Waals surface area (Å²) in [6.07, 6.45) is 0.684. The van der Waals surface area contributed by atoms with E-state index in [1.165, 1.54) is 4.31 Å². The van der Waals surface area contributed by atoms with E-state index in [9.17, 15) is 8.42 Å². The molecule has 0 amide bonds. The third-order valence-corrected chi connectivity index (χ3v) is 3.96. The van der Waals surface area contributed by atoms with Gasteiger partial charge in [-0.2, -0.15) is 12.7 Å². The molecule has 6 nitrogen and oxygen atoms in total. The summed E-state index contributed by atoms with van der Waals surface area (Å²) in [5, 5.41) is 8.76. The highest BCUT2D eigenvalue weighted by atomic mass is 32.2. The Morgan fingerprint density at radius 2 is 1.88 bits per heavy atom. The van der Waals surface area contributed by atoms with Crippen LogP contribution >= 0.6 is 0 Å². The molecular formula is C9H20N2O4S. The number of hydrogen-bond donors (Lipinski definition) is 1. The van der Waals surface area contributed by atoms with Gasteiger partial charge < -0.3 is 5.11 Å². The summed E-state index contributed by atoms with van der Waals surface area (Å²) >= 11 is 0. The molecule has 1 aliphatic heterocycles. The molecule has 0 radical (unpaired) electrons. The van der Waals surface area contributed by atoms with E-state index in [4.69, 9.17) is 9.29 Å². The molecule has 1 N–H and O–H groups in total. The zero-order valence-electron chi connectivity index (χ0n) is 9.63. The van der Waals surface area contributed by atoms with Gasteiger partial charge in [-0.1, -0.05) is 6.92 Å². The first-order valence-electron chi connectivity index (χ1n) is 5.58. The van der Waals surface area contributed by atoms with Gasteiger partial charge in [0.1, 0.15) is 0 Å². The van der Waals surface area contributed by atoms with Crippen molar-refractivity contribution in [3.8, 4) is 0 Å². The highest BCUT2D eigenvalue weighted by Gasteiger charge is 2.26. The van der Waals surface area contributed by atoms with Crippen molar-refractivity contribution in [2.75, 3.05) is 45.9 Å². The second-order valence-electron chi connectivity index (χ2n) is 3.74. The Kier molecular flexibility index (Phi) is 5.63. The summed E-state index contributed by atoms with van der Waals surface area (Å²) in [7, 11) is -3.54. The standard InChI is InChI=1S/C9H20N2O4S/c1-2-9-15-16(13,14)11-5-3-10(4-6-11)7-8-12/h12H,2-9H2,1H3. The highest BCUT2D eigenvalue weighted by Crippen LogP contribution is 2.09. The predicted molar refractivity (Wildman–Crippen MR) is 60.3 cm³/mol. The second kappa shape index (κ2) is 6.51. The van der Waals surface area contributed by atoms with Crippen molar-refractivity contribution in [3.63, 3.8) is 0 Å². The predicted octanol–water partition coefficient (Wildman–Crippen LogP) is -0.732. The second-order valence-corrected chi connectivity index (χ2v) is 5.35. The Bertz CT molecular complexity index is 286. The van der Waals surface area contributed by atoms with E-state index in [0.717, 1.165) is 0 Å². The zero-order valence-corrected chi connectivity index (χ0v) is 10.4. The minimum Gasteiger partial charge on any atom is -0.395 e. The summed E-state index contributed by atoms with van der Waals surface area (Å²) in [5.74, 6) is 0. The minimum absolute atomic E-state index is 0.110. The Morgan fingerprint density at radius 1 is 1.25 bits per heavy atom. The molecular weight excluding hydrogens is 232 g/mol. The largest absolute Gasteiger partial charge is 0.395 e. The van der Waals surface area contributed by atoms with Gasteiger partial charge in [0.15, 0.2) is 0 Å². The van der Waals surface area contributed by atoms with Crippen LogP contribution in [-0.2, 0) is 14.5 Å². The Labute approximate surface area is 97.1 Å². The van der Waals surface area contributed by atoms with Gasteiger partial charge in [-0.05, 0) is 6.42 Å². The molecule has 96 valence electrons. The van der Waals surface area contributed by atoms with Crippen LogP contribution in [0.3, 0.4) is 0 Å². The van der Waals surface area contributed by atoms with E-state index in [1.807, 2.05) is 11.8 Å². The van der Waals surface area contributed by atoms with Crippen LogP contribution in [0, 0.1) is 0 Å². The van der Waals surface area contributed by atoms with Crippen molar-refractivity contribution in [2.45, 2.75) is 13.3 Å². The first-order chi connectivity index (χ1) is 7.60. The molecule has 0 aromatic heterocycles. The molecule has 7 heteroatoms. The number of β-amino-alcohol motifs (C(OH)–C–C–N with tert-alkyl or cyclic N) is 1. The molecule has 0 aliphatic carbocycles. The molecule has 0 atom stereocenters. The molecule has 0 spiro atoms. The van der Waals surface area contributed by atoms with E-state index >= 15 is 0 Å². The van der Waals surface area contributed by atoms with Crippen LogP contribution in [-0.4, -0.2) is 68.7 Å². The number of nitrogens with zero attached hydrogens (tertiary/aromatic N) is 2. The van der Waals surface area contributed by atoms with Gasteiger partial charge in [-0.15, -0.1) is 0 Å². The lowest BCUT2D eigenvalue weighted by atomic mass is 10.4. The third-order valence-electron chi connectivity index (χ3n) is 2.50. The molecule has 1 rings (SSSR count). The molecule has 0 aromatic carbocycles. The van der Waals surface area contributed by atoms with Crippen molar-refractivity contribution < 1.29 is 17.7 Å². The fraction of sp³-hybridized carbons (Fsp3) is 1.00. The molecule has 16 heavy (non-hydrogen) atoms. The van der Waals surface area contributed by atoms with E-state index < -0.39 is 10.3 Å². The normalized spacial score (nSPS) is 20.1. The van der Waals surface area contributed by atoms with Crippen LogP contribution in [0.5, 0.6) is 0 Å². The maximum atomic E-state index is 11.6. The van der Waals surface area contributed by atoms with Crippen LogP contribution in [0.2, 0.25) is 0 Å². The van der Waals surface area contributed by atoms with Crippen molar-refractivity contribution in [2.24, 2.45) is 0 Å². The number of hydrogen-bond acceptors (Lipinski definition) is 5. The van der Waals surface area contributed by atoms with Gasteiger partial charge in [0.05, 0.1) is 13.2 Å².